The molecule has 0 fully saturated rings. The summed E-state index contributed by atoms with van der Waals surface area (Å²) in [6.45, 7) is 1.62. The summed E-state index contributed by atoms with van der Waals surface area (Å²) in [5, 5.41) is 8.17. The van der Waals surface area contributed by atoms with E-state index < -0.39 is 27.6 Å². The van der Waals surface area contributed by atoms with Crippen LogP contribution in [0.1, 0.15) is 23.1 Å². The third-order valence-electron chi connectivity index (χ3n) is 5.36. The summed E-state index contributed by atoms with van der Waals surface area (Å²) in [5.74, 6) is -0.766. The van der Waals surface area contributed by atoms with Gasteiger partial charge in [-0.1, -0.05) is 6.07 Å². The molecule has 0 saturated heterocycles. The molecule has 0 unspecified atom stereocenters. The van der Waals surface area contributed by atoms with Gasteiger partial charge in [0.15, 0.2) is 0 Å². The molecule has 2 heterocycles. The first-order valence-electron chi connectivity index (χ1n) is 10.4. The van der Waals surface area contributed by atoms with Gasteiger partial charge in [0, 0.05) is 29.7 Å². The Morgan fingerprint density at radius 1 is 1.03 bits per heavy atom. The molecule has 0 saturated carbocycles. The lowest BCUT2D eigenvalue weighted by molar-refractivity contribution is -0.137. The molecule has 0 atom stereocenters. The number of carbonyl (C=O) groups is 1. The van der Waals surface area contributed by atoms with E-state index >= 15 is 0 Å². The quantitative estimate of drug-likeness (QED) is 0.397. The fraction of sp³-hybridized carbons (Fsp3) is 0.227. The topological polar surface area (TPSA) is 125 Å². The first kappa shape index (κ1) is 24.4. The number of carbonyl (C=O) groups excluding carboxylic acids is 1. The van der Waals surface area contributed by atoms with E-state index in [0.29, 0.717) is 29.6 Å². The van der Waals surface area contributed by atoms with Crippen molar-refractivity contribution >= 4 is 44.8 Å². The predicted octanol–water partition coefficient (Wildman–Crippen LogP) is 4.08. The number of fused-ring (bicyclic) bond motifs is 1. The lowest BCUT2D eigenvalue weighted by atomic mass is 10.0. The maximum absolute atomic E-state index is 13.6. The van der Waals surface area contributed by atoms with Crippen molar-refractivity contribution in [3.05, 3.63) is 59.3 Å². The van der Waals surface area contributed by atoms with Crippen molar-refractivity contribution in [2.75, 3.05) is 23.0 Å². The fourth-order valence-corrected chi connectivity index (χ4v) is 4.54. The number of rotatable bonds is 6. The van der Waals surface area contributed by atoms with E-state index in [2.05, 4.69) is 30.6 Å². The molecule has 0 radical (unpaired) electrons. The van der Waals surface area contributed by atoms with Gasteiger partial charge >= 0.3 is 6.18 Å². The SMILES string of the molecule is CNS(=O)(=O)c1cc(Nc2ncc(C(F)(F)F)c(Nc3ccc4c(c3)CCC(=O)N4)n2)ccc1C. The van der Waals surface area contributed by atoms with E-state index in [0.717, 1.165) is 5.56 Å². The number of nitrogens with one attached hydrogen (secondary N) is 4. The Morgan fingerprint density at radius 2 is 1.74 bits per heavy atom. The zero-order valence-electron chi connectivity index (χ0n) is 18.6. The molecule has 1 aliphatic rings. The van der Waals surface area contributed by atoms with Crippen molar-refractivity contribution in [3.8, 4) is 0 Å². The number of anilines is 5. The molecule has 184 valence electrons. The van der Waals surface area contributed by atoms with Gasteiger partial charge in [0.05, 0.1) is 4.90 Å². The first-order chi connectivity index (χ1) is 16.5. The molecule has 13 heteroatoms. The summed E-state index contributed by atoms with van der Waals surface area (Å²) < 4.78 is 67.6. The van der Waals surface area contributed by atoms with Crippen molar-refractivity contribution in [1.82, 2.24) is 14.7 Å². The summed E-state index contributed by atoms with van der Waals surface area (Å²) in [6, 6.07) is 9.26. The van der Waals surface area contributed by atoms with Crippen LogP contribution < -0.4 is 20.7 Å². The molecule has 4 N–H and O–H groups in total. The van der Waals surface area contributed by atoms with Crippen LogP contribution in [0, 0.1) is 6.92 Å². The number of sulfonamides is 1. The number of halogens is 3. The average Bonchev–Trinajstić information content (AvgIpc) is 2.79. The van der Waals surface area contributed by atoms with Crippen LogP contribution in [0.15, 0.2) is 47.5 Å². The second-order valence-corrected chi connectivity index (χ2v) is 9.67. The summed E-state index contributed by atoms with van der Waals surface area (Å²) >= 11 is 0. The highest BCUT2D eigenvalue weighted by Gasteiger charge is 2.35. The van der Waals surface area contributed by atoms with Crippen LogP contribution in [0.2, 0.25) is 0 Å². The maximum atomic E-state index is 13.6. The van der Waals surface area contributed by atoms with Crippen LogP contribution in [-0.2, 0) is 27.4 Å². The van der Waals surface area contributed by atoms with Crippen molar-refractivity contribution in [3.63, 3.8) is 0 Å². The van der Waals surface area contributed by atoms with Crippen molar-refractivity contribution < 1.29 is 26.4 Å². The zero-order chi connectivity index (χ0) is 25.4. The smallest absolute Gasteiger partial charge is 0.340 e. The van der Waals surface area contributed by atoms with Gasteiger partial charge in [-0.25, -0.2) is 18.1 Å². The highest BCUT2D eigenvalue weighted by atomic mass is 32.2. The van der Waals surface area contributed by atoms with E-state index in [1.807, 2.05) is 0 Å². The van der Waals surface area contributed by atoms with Gasteiger partial charge in [0.25, 0.3) is 0 Å². The van der Waals surface area contributed by atoms with Gasteiger partial charge in [-0.3, -0.25) is 4.79 Å². The Balaban J connectivity index is 1.67. The molecule has 9 nitrogen and oxygen atoms in total. The molecule has 1 amide bonds. The largest absolute Gasteiger partial charge is 0.421 e. The summed E-state index contributed by atoms with van der Waals surface area (Å²) in [4.78, 5) is 19.3. The molecule has 0 spiro atoms. The molecule has 3 aromatic rings. The van der Waals surface area contributed by atoms with Crippen molar-refractivity contribution in [2.45, 2.75) is 30.8 Å². The van der Waals surface area contributed by atoms with Crippen molar-refractivity contribution in [1.29, 1.82) is 0 Å². The Bertz CT molecular complexity index is 1410. The Labute approximate surface area is 199 Å². The van der Waals surface area contributed by atoms with Crippen LogP contribution >= 0.6 is 0 Å². The third kappa shape index (κ3) is 5.35. The molecular weight excluding hydrogens is 485 g/mol. The van der Waals surface area contributed by atoms with E-state index in [1.54, 1.807) is 31.2 Å². The van der Waals surface area contributed by atoms with Crippen LogP contribution in [0.4, 0.5) is 42.0 Å². The normalized spacial score (nSPS) is 13.7. The van der Waals surface area contributed by atoms with Gasteiger partial charge in [0.2, 0.25) is 21.9 Å². The first-order valence-corrected chi connectivity index (χ1v) is 11.9. The van der Waals surface area contributed by atoms with Gasteiger partial charge in [0.1, 0.15) is 11.4 Å². The molecule has 0 bridgehead atoms. The van der Waals surface area contributed by atoms with Gasteiger partial charge in [-0.2, -0.15) is 18.2 Å². The summed E-state index contributed by atoms with van der Waals surface area (Å²) in [5.41, 5.74) is 1.45. The minimum atomic E-state index is -4.72. The van der Waals surface area contributed by atoms with E-state index in [4.69, 9.17) is 0 Å². The van der Waals surface area contributed by atoms with Crippen LogP contribution in [0.25, 0.3) is 0 Å². The second kappa shape index (κ2) is 9.15. The summed E-state index contributed by atoms with van der Waals surface area (Å²) in [7, 11) is -2.47. The lowest BCUT2D eigenvalue weighted by Gasteiger charge is -2.19. The molecule has 1 aromatic heterocycles. The molecule has 1 aliphatic heterocycles. The maximum Gasteiger partial charge on any atom is 0.421 e. The van der Waals surface area contributed by atoms with E-state index in [-0.39, 0.29) is 28.9 Å². The Kier molecular flexibility index (Phi) is 6.38. The van der Waals surface area contributed by atoms with E-state index in [9.17, 15) is 26.4 Å². The molecular formula is C22H21F3N6O3S. The monoisotopic (exact) mass is 506 g/mol. The third-order valence-corrected chi connectivity index (χ3v) is 6.92. The number of benzene rings is 2. The standard InChI is InChI=1S/C22H21F3N6O3S/c1-12-3-5-15(10-18(12)35(33,34)26-2)29-21-27-11-16(22(23,24)25)20(31-21)28-14-6-7-17-13(9-14)4-8-19(32)30-17/h3,5-7,9-11,26H,4,8H2,1-2H3,(H,30,32)(H2,27,28,29,31). The minimum absolute atomic E-state index is 0.0106. The highest BCUT2D eigenvalue weighted by Crippen LogP contribution is 2.36. The zero-order valence-corrected chi connectivity index (χ0v) is 19.4. The fourth-order valence-electron chi connectivity index (χ4n) is 3.55. The number of nitrogens with zero attached hydrogens (tertiary/aromatic N) is 2. The van der Waals surface area contributed by atoms with Crippen molar-refractivity contribution in [2.24, 2.45) is 0 Å². The van der Waals surface area contributed by atoms with Crippen LogP contribution in [-0.4, -0.2) is 31.3 Å². The number of aromatic nitrogens is 2. The van der Waals surface area contributed by atoms with Crippen LogP contribution in [0.5, 0.6) is 0 Å². The lowest BCUT2D eigenvalue weighted by Crippen LogP contribution is -2.19. The Morgan fingerprint density at radius 3 is 2.46 bits per heavy atom. The number of hydrogen-bond donors (Lipinski definition) is 4. The minimum Gasteiger partial charge on any atom is -0.340 e. The highest BCUT2D eigenvalue weighted by molar-refractivity contribution is 7.89. The number of hydrogen-bond acceptors (Lipinski definition) is 7. The summed E-state index contributed by atoms with van der Waals surface area (Å²) in [6.07, 6.45) is -3.32. The Hall–Kier alpha value is -3.71. The molecule has 4 rings (SSSR count). The number of amides is 1. The number of aryl methyl sites for hydroxylation is 2. The molecule has 0 aliphatic carbocycles. The van der Waals surface area contributed by atoms with Gasteiger partial charge in [-0.05, 0) is 61.9 Å². The van der Waals surface area contributed by atoms with Crippen LogP contribution in [0.3, 0.4) is 0 Å². The van der Waals surface area contributed by atoms with E-state index in [1.165, 1.54) is 19.2 Å². The molecule has 35 heavy (non-hydrogen) atoms. The second-order valence-electron chi connectivity index (χ2n) is 7.81. The van der Waals surface area contributed by atoms with Gasteiger partial charge in [-0.15, -0.1) is 0 Å². The average molecular weight is 507 g/mol. The number of alkyl halides is 3. The van der Waals surface area contributed by atoms with Gasteiger partial charge < -0.3 is 16.0 Å². The predicted molar refractivity (Wildman–Crippen MR) is 124 cm³/mol. The molecule has 2 aromatic carbocycles.